The van der Waals surface area contributed by atoms with Crippen LogP contribution in [0.25, 0.3) is 0 Å². The predicted molar refractivity (Wildman–Crippen MR) is 86.1 cm³/mol. The molecule has 1 rings (SSSR count). The fraction of sp³-hybridized carbons (Fsp3) is 0.647. The molecule has 1 aromatic carbocycles. The van der Waals surface area contributed by atoms with Gasteiger partial charge in [0.2, 0.25) is 0 Å². The molecule has 1 nitrogen and oxygen atoms in total. The van der Waals surface area contributed by atoms with Gasteiger partial charge in [0.25, 0.3) is 0 Å². The van der Waals surface area contributed by atoms with Gasteiger partial charge in [0.05, 0.1) is 5.38 Å². The summed E-state index contributed by atoms with van der Waals surface area (Å²) in [4.78, 5) is 2.45. The molecule has 1 aromatic rings. The minimum Gasteiger partial charge on any atom is -0.302 e. The van der Waals surface area contributed by atoms with Crippen LogP contribution in [-0.2, 0) is 6.42 Å². The van der Waals surface area contributed by atoms with E-state index in [0.29, 0.717) is 0 Å². The number of hydrogen-bond donors (Lipinski definition) is 0. The molecule has 0 aliphatic rings. The van der Waals surface area contributed by atoms with Gasteiger partial charge in [0.15, 0.2) is 0 Å². The third-order valence-corrected chi connectivity index (χ3v) is 3.96. The summed E-state index contributed by atoms with van der Waals surface area (Å²) < 4.78 is 0. The highest BCUT2D eigenvalue weighted by Crippen LogP contribution is 2.22. The average Bonchev–Trinajstić information content (AvgIpc) is 2.44. The maximum Gasteiger partial charge on any atom is 0.0712 e. The average molecular weight is 282 g/mol. The van der Waals surface area contributed by atoms with E-state index >= 15 is 0 Å². The van der Waals surface area contributed by atoms with Crippen molar-refractivity contribution in [3.63, 3.8) is 0 Å². The zero-order valence-corrected chi connectivity index (χ0v) is 13.4. The van der Waals surface area contributed by atoms with Gasteiger partial charge in [-0.1, -0.05) is 57.9 Å². The minimum atomic E-state index is 0.104. The topological polar surface area (TPSA) is 3.24 Å². The number of alkyl halides is 1. The van der Waals surface area contributed by atoms with Gasteiger partial charge in [0.1, 0.15) is 0 Å². The highest BCUT2D eigenvalue weighted by Gasteiger charge is 2.12. The summed E-state index contributed by atoms with van der Waals surface area (Å²) in [7, 11) is 0. The second-order valence-electron chi connectivity index (χ2n) is 5.21. The molecule has 1 atom stereocenters. The van der Waals surface area contributed by atoms with Gasteiger partial charge in [0, 0.05) is 6.54 Å². The quantitative estimate of drug-likeness (QED) is 0.573. The van der Waals surface area contributed by atoms with Gasteiger partial charge in [-0.3, -0.25) is 0 Å². The number of nitrogens with zero attached hydrogens (tertiary/aromatic N) is 1. The monoisotopic (exact) mass is 281 g/mol. The van der Waals surface area contributed by atoms with E-state index in [1.54, 1.807) is 0 Å². The van der Waals surface area contributed by atoms with Gasteiger partial charge in [-0.15, -0.1) is 11.6 Å². The van der Waals surface area contributed by atoms with E-state index in [2.05, 4.69) is 49.9 Å². The van der Waals surface area contributed by atoms with Gasteiger partial charge in [-0.25, -0.2) is 0 Å². The molecule has 0 spiro atoms. The lowest BCUT2D eigenvalue weighted by Crippen LogP contribution is -2.28. The van der Waals surface area contributed by atoms with E-state index < -0.39 is 0 Å². The number of likely N-dealkylation sites (N-methyl/N-ethyl adjacent to an activating group) is 1. The number of rotatable bonds is 9. The maximum absolute atomic E-state index is 6.55. The molecular formula is C17H28ClN. The van der Waals surface area contributed by atoms with Gasteiger partial charge in [-0.05, 0) is 37.1 Å². The van der Waals surface area contributed by atoms with Crippen LogP contribution in [0, 0.1) is 0 Å². The molecule has 19 heavy (non-hydrogen) atoms. The Morgan fingerprint density at radius 1 is 1.05 bits per heavy atom. The smallest absolute Gasteiger partial charge is 0.0712 e. The second-order valence-corrected chi connectivity index (χ2v) is 5.73. The first kappa shape index (κ1) is 16.5. The zero-order chi connectivity index (χ0) is 14.1. The summed E-state index contributed by atoms with van der Waals surface area (Å²) in [5.74, 6) is 0. The molecule has 0 fully saturated rings. The Morgan fingerprint density at radius 2 is 1.74 bits per heavy atom. The molecular weight excluding hydrogens is 254 g/mol. The van der Waals surface area contributed by atoms with Crippen LogP contribution >= 0.6 is 11.6 Å². The van der Waals surface area contributed by atoms with Crippen LogP contribution in [0.2, 0.25) is 0 Å². The summed E-state index contributed by atoms with van der Waals surface area (Å²) >= 11 is 6.55. The van der Waals surface area contributed by atoms with Crippen LogP contribution in [0.15, 0.2) is 24.3 Å². The van der Waals surface area contributed by atoms with E-state index in [-0.39, 0.29) is 5.38 Å². The van der Waals surface area contributed by atoms with Crippen molar-refractivity contribution < 1.29 is 0 Å². The van der Waals surface area contributed by atoms with Crippen molar-refractivity contribution in [3.8, 4) is 0 Å². The Morgan fingerprint density at radius 3 is 2.26 bits per heavy atom. The number of benzene rings is 1. The Labute approximate surface area is 124 Å². The third-order valence-electron chi connectivity index (χ3n) is 3.57. The van der Waals surface area contributed by atoms with Gasteiger partial charge < -0.3 is 4.90 Å². The number of halogens is 1. The van der Waals surface area contributed by atoms with E-state index in [0.717, 1.165) is 26.1 Å². The number of aryl methyl sites for hydroxylation is 1. The van der Waals surface area contributed by atoms with Crippen molar-refractivity contribution >= 4 is 11.6 Å². The normalized spacial score (nSPS) is 12.9. The zero-order valence-electron chi connectivity index (χ0n) is 12.7. The molecule has 0 aliphatic carbocycles. The van der Waals surface area contributed by atoms with Crippen molar-refractivity contribution in [2.24, 2.45) is 0 Å². The molecule has 108 valence electrons. The SMILES string of the molecule is CCCCN(CC)CC(Cl)c1ccc(CCC)cc1. The summed E-state index contributed by atoms with van der Waals surface area (Å²) in [5, 5.41) is 0.104. The summed E-state index contributed by atoms with van der Waals surface area (Å²) in [6.07, 6.45) is 4.86. The highest BCUT2D eigenvalue weighted by molar-refractivity contribution is 6.21. The van der Waals surface area contributed by atoms with Crippen molar-refractivity contribution in [1.82, 2.24) is 4.90 Å². The van der Waals surface area contributed by atoms with Crippen LogP contribution in [0.3, 0.4) is 0 Å². The predicted octanol–water partition coefficient (Wildman–Crippen LogP) is 5.04. The number of hydrogen-bond acceptors (Lipinski definition) is 1. The molecule has 0 N–H and O–H groups in total. The largest absolute Gasteiger partial charge is 0.302 e. The maximum atomic E-state index is 6.55. The third kappa shape index (κ3) is 5.97. The van der Waals surface area contributed by atoms with E-state index in [4.69, 9.17) is 11.6 Å². The minimum absolute atomic E-state index is 0.104. The standard InChI is InChI=1S/C17H28ClN/c1-4-7-13-19(6-3)14-17(18)16-11-9-15(8-5-2)10-12-16/h9-12,17H,4-8,13-14H2,1-3H3. The fourth-order valence-corrected chi connectivity index (χ4v) is 2.61. The summed E-state index contributed by atoms with van der Waals surface area (Å²) in [6.45, 7) is 9.85. The van der Waals surface area contributed by atoms with Crippen molar-refractivity contribution in [2.45, 2.75) is 51.8 Å². The molecule has 0 heterocycles. The second kappa shape index (κ2) is 9.39. The summed E-state index contributed by atoms with van der Waals surface area (Å²) in [6, 6.07) is 8.82. The van der Waals surface area contributed by atoms with E-state index in [1.165, 1.54) is 30.4 Å². The van der Waals surface area contributed by atoms with Crippen LogP contribution in [0.1, 0.15) is 56.5 Å². The molecule has 0 saturated carbocycles. The molecule has 1 unspecified atom stereocenters. The lowest BCUT2D eigenvalue weighted by atomic mass is 10.1. The van der Waals surface area contributed by atoms with Crippen LogP contribution in [0.4, 0.5) is 0 Å². The molecule has 0 saturated heterocycles. The number of unbranched alkanes of at least 4 members (excludes halogenated alkanes) is 1. The molecule has 0 amide bonds. The molecule has 2 heteroatoms. The first-order valence-corrected chi connectivity index (χ1v) is 8.10. The van der Waals surface area contributed by atoms with Crippen molar-refractivity contribution in [1.29, 1.82) is 0 Å². The molecule has 0 aromatic heterocycles. The molecule has 0 aliphatic heterocycles. The summed E-state index contributed by atoms with van der Waals surface area (Å²) in [5.41, 5.74) is 2.66. The Kier molecular flexibility index (Phi) is 8.16. The lowest BCUT2D eigenvalue weighted by Gasteiger charge is -2.23. The van der Waals surface area contributed by atoms with Crippen LogP contribution in [0.5, 0.6) is 0 Å². The van der Waals surface area contributed by atoms with E-state index in [9.17, 15) is 0 Å². The van der Waals surface area contributed by atoms with Crippen LogP contribution in [-0.4, -0.2) is 24.5 Å². The lowest BCUT2D eigenvalue weighted by molar-refractivity contribution is 0.283. The highest BCUT2D eigenvalue weighted by atomic mass is 35.5. The Hall–Kier alpha value is -0.530. The molecule has 0 bridgehead atoms. The van der Waals surface area contributed by atoms with E-state index in [1.807, 2.05) is 0 Å². The molecule has 0 radical (unpaired) electrons. The van der Waals surface area contributed by atoms with Crippen molar-refractivity contribution in [3.05, 3.63) is 35.4 Å². The Bertz CT molecular complexity index is 334. The van der Waals surface area contributed by atoms with Gasteiger partial charge >= 0.3 is 0 Å². The fourth-order valence-electron chi connectivity index (χ4n) is 2.27. The van der Waals surface area contributed by atoms with Crippen molar-refractivity contribution in [2.75, 3.05) is 19.6 Å². The first-order chi connectivity index (χ1) is 9.21. The Balaban J connectivity index is 2.53. The first-order valence-electron chi connectivity index (χ1n) is 7.66. The van der Waals surface area contributed by atoms with Gasteiger partial charge in [-0.2, -0.15) is 0 Å². The van der Waals surface area contributed by atoms with Crippen LogP contribution < -0.4 is 0 Å².